The molecular weight excluding hydrogens is 236 g/mol. The predicted octanol–water partition coefficient (Wildman–Crippen LogP) is 2.98. The highest BCUT2D eigenvalue weighted by Crippen LogP contribution is 2.35. The summed E-state index contributed by atoms with van der Waals surface area (Å²) >= 11 is 0. The highest BCUT2D eigenvalue weighted by Gasteiger charge is 2.24. The Hall–Kier alpha value is -0.930. The van der Waals surface area contributed by atoms with Crippen LogP contribution in [0.5, 0.6) is 0 Å². The predicted molar refractivity (Wildman–Crippen MR) is 78.3 cm³/mol. The van der Waals surface area contributed by atoms with E-state index in [9.17, 15) is 0 Å². The molecule has 1 fully saturated rings. The first-order valence-electron chi connectivity index (χ1n) is 7.51. The Labute approximate surface area is 116 Å². The van der Waals surface area contributed by atoms with Crippen LogP contribution in [-0.4, -0.2) is 31.8 Å². The first kappa shape index (κ1) is 14.5. The molecule has 1 aromatic rings. The van der Waals surface area contributed by atoms with Gasteiger partial charge < -0.3 is 10.1 Å². The summed E-state index contributed by atoms with van der Waals surface area (Å²) in [6.07, 6.45) is 10.8. The van der Waals surface area contributed by atoms with Gasteiger partial charge in [-0.3, -0.25) is 4.98 Å². The molecule has 1 aromatic heterocycles. The molecule has 2 rings (SSSR count). The van der Waals surface area contributed by atoms with E-state index in [1.165, 1.54) is 37.7 Å². The van der Waals surface area contributed by atoms with E-state index in [0.29, 0.717) is 5.92 Å². The number of rotatable bonds is 7. The molecule has 0 aromatic carbocycles. The topological polar surface area (TPSA) is 34.1 Å². The highest BCUT2D eigenvalue weighted by atomic mass is 16.5. The minimum Gasteiger partial charge on any atom is -0.383 e. The fourth-order valence-electron chi connectivity index (χ4n) is 3.12. The lowest BCUT2D eigenvalue weighted by atomic mass is 9.77. The monoisotopic (exact) mass is 262 g/mol. The van der Waals surface area contributed by atoms with Crippen LogP contribution in [0.3, 0.4) is 0 Å². The number of aromatic nitrogens is 1. The van der Waals surface area contributed by atoms with Gasteiger partial charge in [0.2, 0.25) is 0 Å². The Balaban J connectivity index is 1.96. The largest absolute Gasteiger partial charge is 0.383 e. The van der Waals surface area contributed by atoms with Crippen LogP contribution in [0.2, 0.25) is 0 Å². The lowest BCUT2D eigenvalue weighted by Gasteiger charge is -2.30. The molecule has 0 amide bonds. The number of ether oxygens (including phenoxy) is 1. The summed E-state index contributed by atoms with van der Waals surface area (Å²) < 4.78 is 5.10. The molecule has 0 saturated heterocycles. The van der Waals surface area contributed by atoms with Crippen LogP contribution < -0.4 is 5.32 Å². The van der Waals surface area contributed by atoms with E-state index in [2.05, 4.69) is 22.4 Å². The van der Waals surface area contributed by atoms with Crippen molar-refractivity contribution in [3.63, 3.8) is 0 Å². The van der Waals surface area contributed by atoms with E-state index in [1.54, 1.807) is 7.11 Å². The third-order valence-electron chi connectivity index (χ3n) is 4.18. The minimum absolute atomic E-state index is 0.603. The third kappa shape index (κ3) is 4.59. The SMILES string of the molecule is COCCNCC(c1cccnc1)C1CCCCC1. The van der Waals surface area contributed by atoms with Crippen LogP contribution in [0.4, 0.5) is 0 Å². The van der Waals surface area contributed by atoms with E-state index < -0.39 is 0 Å². The Morgan fingerprint density at radius 1 is 1.37 bits per heavy atom. The molecule has 1 heterocycles. The molecule has 1 unspecified atom stereocenters. The van der Waals surface area contributed by atoms with Crippen LogP contribution >= 0.6 is 0 Å². The van der Waals surface area contributed by atoms with Crippen molar-refractivity contribution < 1.29 is 4.74 Å². The Bertz CT molecular complexity index is 336. The van der Waals surface area contributed by atoms with E-state index >= 15 is 0 Å². The van der Waals surface area contributed by atoms with Crippen LogP contribution in [0.15, 0.2) is 24.5 Å². The van der Waals surface area contributed by atoms with Gasteiger partial charge in [0.05, 0.1) is 6.61 Å². The minimum atomic E-state index is 0.603. The zero-order chi connectivity index (χ0) is 13.3. The summed E-state index contributed by atoms with van der Waals surface area (Å²) in [4.78, 5) is 4.29. The van der Waals surface area contributed by atoms with E-state index in [1.807, 2.05) is 12.4 Å². The molecule has 1 aliphatic rings. The van der Waals surface area contributed by atoms with Gasteiger partial charge in [0.15, 0.2) is 0 Å². The molecular formula is C16H26N2O. The number of pyridine rings is 1. The summed E-state index contributed by atoms with van der Waals surface area (Å²) in [7, 11) is 1.75. The van der Waals surface area contributed by atoms with Crippen LogP contribution in [0.25, 0.3) is 0 Å². The number of hydrogen-bond acceptors (Lipinski definition) is 3. The van der Waals surface area contributed by atoms with Gasteiger partial charge in [-0.2, -0.15) is 0 Å². The van der Waals surface area contributed by atoms with Crippen molar-refractivity contribution in [1.82, 2.24) is 10.3 Å². The van der Waals surface area contributed by atoms with Crippen LogP contribution in [0.1, 0.15) is 43.6 Å². The smallest absolute Gasteiger partial charge is 0.0587 e. The molecule has 0 bridgehead atoms. The van der Waals surface area contributed by atoms with Gasteiger partial charge in [-0.1, -0.05) is 25.3 Å². The maximum Gasteiger partial charge on any atom is 0.0587 e. The van der Waals surface area contributed by atoms with Gasteiger partial charge in [0.1, 0.15) is 0 Å². The molecule has 0 radical (unpaired) electrons. The van der Waals surface area contributed by atoms with E-state index in [0.717, 1.165) is 25.6 Å². The van der Waals surface area contributed by atoms with Crippen molar-refractivity contribution in [1.29, 1.82) is 0 Å². The first-order chi connectivity index (χ1) is 9.42. The second-order valence-corrected chi connectivity index (χ2v) is 5.49. The fraction of sp³-hybridized carbons (Fsp3) is 0.688. The molecule has 1 saturated carbocycles. The normalized spacial score (nSPS) is 18.4. The lowest BCUT2D eigenvalue weighted by Crippen LogP contribution is -2.30. The van der Waals surface area contributed by atoms with Gasteiger partial charge >= 0.3 is 0 Å². The standard InChI is InChI=1S/C16H26N2O/c1-19-11-10-18-13-16(14-6-3-2-4-7-14)15-8-5-9-17-12-15/h5,8-9,12,14,16,18H,2-4,6-7,10-11,13H2,1H3. The molecule has 1 atom stereocenters. The quantitative estimate of drug-likeness (QED) is 0.767. The highest BCUT2D eigenvalue weighted by molar-refractivity contribution is 5.16. The molecule has 0 aliphatic heterocycles. The zero-order valence-electron chi connectivity index (χ0n) is 12.0. The van der Waals surface area contributed by atoms with Gasteiger partial charge in [-0.05, 0) is 30.4 Å². The lowest BCUT2D eigenvalue weighted by molar-refractivity contribution is 0.196. The zero-order valence-corrected chi connectivity index (χ0v) is 12.0. The number of methoxy groups -OCH3 is 1. The maximum atomic E-state index is 5.10. The summed E-state index contributed by atoms with van der Waals surface area (Å²) in [5, 5.41) is 3.53. The fourth-order valence-corrected chi connectivity index (χ4v) is 3.12. The summed E-state index contributed by atoms with van der Waals surface area (Å²) in [6, 6.07) is 4.28. The molecule has 1 N–H and O–H groups in total. The third-order valence-corrected chi connectivity index (χ3v) is 4.18. The van der Waals surface area contributed by atoms with E-state index in [4.69, 9.17) is 4.74 Å². The van der Waals surface area contributed by atoms with Crippen LogP contribution in [-0.2, 0) is 4.74 Å². The Morgan fingerprint density at radius 2 is 2.21 bits per heavy atom. The Morgan fingerprint density at radius 3 is 2.89 bits per heavy atom. The number of nitrogens with one attached hydrogen (secondary N) is 1. The second-order valence-electron chi connectivity index (χ2n) is 5.49. The average molecular weight is 262 g/mol. The van der Waals surface area contributed by atoms with Crippen molar-refractivity contribution in [3.05, 3.63) is 30.1 Å². The van der Waals surface area contributed by atoms with Gasteiger partial charge in [-0.15, -0.1) is 0 Å². The van der Waals surface area contributed by atoms with Crippen LogP contribution in [0, 0.1) is 5.92 Å². The first-order valence-corrected chi connectivity index (χ1v) is 7.51. The van der Waals surface area contributed by atoms with Crippen molar-refractivity contribution in [3.8, 4) is 0 Å². The molecule has 3 nitrogen and oxygen atoms in total. The van der Waals surface area contributed by atoms with Crippen molar-refractivity contribution in [2.24, 2.45) is 5.92 Å². The molecule has 1 aliphatic carbocycles. The summed E-state index contributed by atoms with van der Waals surface area (Å²) in [6.45, 7) is 2.75. The molecule has 3 heteroatoms. The van der Waals surface area contributed by atoms with Gasteiger partial charge in [0, 0.05) is 38.5 Å². The molecule has 106 valence electrons. The number of hydrogen-bond donors (Lipinski definition) is 1. The van der Waals surface area contributed by atoms with E-state index in [-0.39, 0.29) is 0 Å². The van der Waals surface area contributed by atoms with Gasteiger partial charge in [-0.25, -0.2) is 0 Å². The number of nitrogens with zero attached hydrogens (tertiary/aromatic N) is 1. The van der Waals surface area contributed by atoms with Gasteiger partial charge in [0.25, 0.3) is 0 Å². The van der Waals surface area contributed by atoms with Crippen molar-refractivity contribution >= 4 is 0 Å². The van der Waals surface area contributed by atoms with Crippen molar-refractivity contribution in [2.75, 3.05) is 26.8 Å². The maximum absolute atomic E-state index is 5.10. The summed E-state index contributed by atoms with van der Waals surface area (Å²) in [5.74, 6) is 1.42. The Kier molecular flexibility index (Phi) is 6.31. The molecule has 19 heavy (non-hydrogen) atoms. The molecule has 0 spiro atoms. The second kappa shape index (κ2) is 8.28. The van der Waals surface area contributed by atoms with Crippen molar-refractivity contribution in [2.45, 2.75) is 38.0 Å². The summed E-state index contributed by atoms with van der Waals surface area (Å²) in [5.41, 5.74) is 1.39. The average Bonchev–Trinajstić information content (AvgIpc) is 2.49.